The van der Waals surface area contributed by atoms with Gasteiger partial charge in [-0.1, -0.05) is 199 Å². The number of aromatic amines is 1. The molecule has 6 fully saturated rings. The van der Waals surface area contributed by atoms with Gasteiger partial charge in [-0.3, -0.25) is 33.9 Å². The summed E-state index contributed by atoms with van der Waals surface area (Å²) in [6.45, 7) is 2.09. The minimum Gasteiger partial charge on any atom is -0.870 e. The number of sulfone groups is 4. The number of ether oxygens (including phenoxy) is 7. The van der Waals surface area contributed by atoms with Gasteiger partial charge < -0.3 is 59.4 Å². The molecule has 2 aliphatic carbocycles. The molecule has 29 nitrogen and oxygen atoms in total. The maximum Gasteiger partial charge on any atom is 0.387 e. The SMILES string of the molecule is C=CS(=O)(=O)c1ccccc1.O=C(O)[C@@H]1CCCN1CCS(=O)(=O)c1ccccc1.O=C(OCc1ccccc1)[C@@H]1CCCN1.O=C(OCc1ccccc1)[C@@H]1CCCN1CCS(=O)(=O)c1ccccc1.O=C(O[C@@H](Cc1c(Cl)c[n+]([O-])cc1Cl)c1ccc(OC(F)F)c(OCC2CC2)c1)[C@@H]1CCCN1CCS(=O)(=O)c1ccccc1.O[C@@H](Cc1c(Cl)c[nH+]cc1Cl)c1ccc(OC(F)F)c(OCC2CC2)c1.[OH-]. The molecule has 4 aliphatic heterocycles. The van der Waals surface area contributed by atoms with Gasteiger partial charge in [-0.2, -0.15) is 22.3 Å². The quantitative estimate of drug-likeness (QED) is 0.0106. The number of likely N-dealkylation sites (tertiary alicyclic amines) is 3. The van der Waals surface area contributed by atoms with Crippen molar-refractivity contribution in [2.75, 3.05) is 76.3 Å². The van der Waals surface area contributed by atoms with Crippen molar-refractivity contribution < 1.29 is 129 Å². The normalized spacial score (nSPS) is 17.3. The topological polar surface area (TPSA) is 403 Å². The lowest BCUT2D eigenvalue weighted by Gasteiger charge is -2.26. The van der Waals surface area contributed by atoms with Crippen LogP contribution in [-0.2, 0) is 98.8 Å². The number of aliphatic carboxylic acids is 1. The van der Waals surface area contributed by atoms with E-state index in [2.05, 4.69) is 26.4 Å². The highest BCUT2D eigenvalue weighted by Crippen LogP contribution is 2.41. The number of carbonyl (C=O) groups excluding carboxylic acids is 3. The zero-order chi connectivity index (χ0) is 102. The molecule has 41 heteroatoms. The molecule has 2 aromatic heterocycles. The van der Waals surface area contributed by atoms with E-state index in [1.165, 1.54) is 60.7 Å². The van der Waals surface area contributed by atoms with E-state index in [0.29, 0.717) is 124 Å². The van der Waals surface area contributed by atoms with Crippen molar-refractivity contribution in [2.24, 2.45) is 11.8 Å². The number of alkyl halides is 4. The number of nitrogens with zero attached hydrogens (tertiary/aromatic N) is 4. The summed E-state index contributed by atoms with van der Waals surface area (Å²) in [5.74, 6) is -1.28. The van der Waals surface area contributed by atoms with Gasteiger partial charge in [0.2, 0.25) is 0 Å². The van der Waals surface area contributed by atoms with Crippen LogP contribution in [0.5, 0.6) is 23.0 Å². The monoisotopic (exact) mass is 2130 g/mol. The lowest BCUT2D eigenvalue weighted by molar-refractivity contribution is -0.605. The third kappa shape index (κ3) is 36.4. The van der Waals surface area contributed by atoms with Crippen LogP contribution >= 0.6 is 46.4 Å². The number of H-pyrrole nitrogens is 1. The van der Waals surface area contributed by atoms with E-state index in [1.54, 1.807) is 119 Å². The Labute approximate surface area is 849 Å². The fourth-order valence-electron chi connectivity index (χ4n) is 15.7. The number of pyridine rings is 2. The molecule has 6 atom stereocenters. The summed E-state index contributed by atoms with van der Waals surface area (Å²) in [6, 6.07) is 59.2. The van der Waals surface area contributed by atoms with Crippen LogP contribution in [0.15, 0.2) is 275 Å². The molecule has 0 spiro atoms. The Morgan fingerprint density at radius 3 is 1.25 bits per heavy atom. The highest BCUT2D eigenvalue weighted by atomic mass is 35.5. The van der Waals surface area contributed by atoms with Crippen molar-refractivity contribution in [1.29, 1.82) is 0 Å². The minimum atomic E-state index is -3.57. The molecule has 2 saturated carbocycles. The van der Waals surface area contributed by atoms with Crippen molar-refractivity contribution in [2.45, 2.75) is 172 Å². The van der Waals surface area contributed by atoms with Crippen molar-refractivity contribution >= 4 is 110 Å². The molecule has 16 rings (SSSR count). The summed E-state index contributed by atoms with van der Waals surface area (Å²) in [7, 11) is -13.5. The van der Waals surface area contributed by atoms with Crippen LogP contribution in [0.4, 0.5) is 17.6 Å². The molecule has 143 heavy (non-hydrogen) atoms. The van der Waals surface area contributed by atoms with E-state index in [0.717, 1.165) is 93.4 Å². The van der Waals surface area contributed by atoms with Crippen LogP contribution < -0.4 is 34.0 Å². The number of carboxylic acids is 1. The zero-order valence-electron chi connectivity index (χ0n) is 77.9. The Balaban J connectivity index is 0.000000186. The van der Waals surface area contributed by atoms with Gasteiger partial charge >= 0.3 is 37.1 Å². The second kappa shape index (κ2) is 56.0. The van der Waals surface area contributed by atoms with E-state index < -0.39 is 88.8 Å². The van der Waals surface area contributed by atoms with Gasteiger partial charge in [0, 0.05) is 49.0 Å². The predicted octanol–water partition coefficient (Wildman–Crippen LogP) is 16.8. The number of hydrogen-bond acceptors (Lipinski definition) is 26. The fourth-order valence-corrected chi connectivity index (χ4v) is 21.4. The van der Waals surface area contributed by atoms with E-state index in [9.17, 15) is 80.7 Å². The molecule has 770 valence electrons. The van der Waals surface area contributed by atoms with Crippen LogP contribution in [0, 0.1) is 17.0 Å². The van der Waals surface area contributed by atoms with E-state index in [1.807, 2.05) is 65.6 Å². The average Bonchev–Trinajstić information content (AvgIpc) is 1.41. The van der Waals surface area contributed by atoms with Gasteiger partial charge in [0.25, 0.3) is 0 Å². The Hall–Kier alpha value is -10.9. The molecule has 4 saturated heterocycles. The van der Waals surface area contributed by atoms with Gasteiger partial charge in [-0.05, 0) is 210 Å². The number of nitrogens with one attached hydrogen (secondary N) is 2. The number of hydrogen-bond donors (Lipinski definition) is 3. The van der Waals surface area contributed by atoms with Gasteiger partial charge in [0.1, 0.15) is 63.6 Å². The average molecular weight is 2140 g/mol. The molecule has 5 N–H and O–H groups in total. The molecule has 0 bridgehead atoms. The second-order valence-electron chi connectivity index (χ2n) is 34.1. The summed E-state index contributed by atoms with van der Waals surface area (Å²) < 4.78 is 186. The second-order valence-corrected chi connectivity index (χ2v) is 44.0. The summed E-state index contributed by atoms with van der Waals surface area (Å²) >= 11 is 24.9. The van der Waals surface area contributed by atoms with Gasteiger partial charge in [-0.15, -0.1) is 0 Å². The first kappa shape index (κ1) is 114. The predicted molar refractivity (Wildman–Crippen MR) is 528 cm³/mol. The number of aliphatic hydroxyl groups is 1. The third-order valence-corrected chi connectivity index (χ3v) is 31.6. The maximum atomic E-state index is 13.7. The maximum absolute atomic E-state index is 13.7. The Morgan fingerprint density at radius 1 is 0.476 bits per heavy atom. The van der Waals surface area contributed by atoms with Gasteiger partial charge in [0.05, 0.1) is 56.2 Å². The number of carbonyl (C=O) groups is 4. The Kier molecular flexibility index (Phi) is 44.7. The van der Waals surface area contributed by atoms with Crippen LogP contribution in [0.3, 0.4) is 0 Å². The van der Waals surface area contributed by atoms with Crippen LogP contribution in [0.25, 0.3) is 0 Å². The van der Waals surface area contributed by atoms with Crippen molar-refractivity contribution in [3.8, 4) is 23.0 Å². The summed E-state index contributed by atoms with van der Waals surface area (Å²) in [5.41, 5.74) is 3.80. The number of rotatable bonds is 39. The van der Waals surface area contributed by atoms with Crippen LogP contribution in [-0.4, -0.2) is 202 Å². The summed E-state index contributed by atoms with van der Waals surface area (Å²) in [6.07, 6.45) is 13.7. The number of aliphatic hydroxyl groups excluding tert-OH is 1. The van der Waals surface area contributed by atoms with E-state index >= 15 is 0 Å². The first-order chi connectivity index (χ1) is 68.0. The molecule has 0 radical (unpaired) electrons. The number of carboxylic acid groups (broad SMARTS) is 1. The van der Waals surface area contributed by atoms with Crippen molar-refractivity contribution in [1.82, 2.24) is 20.0 Å². The highest BCUT2D eigenvalue weighted by Gasteiger charge is 2.38. The smallest absolute Gasteiger partial charge is 0.387 e. The lowest BCUT2D eigenvalue weighted by atomic mass is 10.0. The number of halogens is 8. The van der Waals surface area contributed by atoms with Gasteiger partial charge in [0.15, 0.2) is 87.1 Å². The molecule has 6 aliphatic rings. The first-order valence-corrected chi connectivity index (χ1v) is 54.1. The molecule has 6 heterocycles. The summed E-state index contributed by atoms with van der Waals surface area (Å²) in [5, 5.41) is 36.4. The molecule has 8 aromatic carbocycles. The zero-order valence-corrected chi connectivity index (χ0v) is 84.2. The van der Waals surface area contributed by atoms with E-state index in [4.69, 9.17) is 75.2 Å². The number of aromatic nitrogens is 2. The lowest BCUT2D eigenvalue weighted by Crippen LogP contribution is -2.40. The van der Waals surface area contributed by atoms with E-state index in [-0.39, 0.29) is 122 Å². The highest BCUT2D eigenvalue weighted by molar-refractivity contribution is 7.94. The Bertz CT molecular complexity index is 6210. The van der Waals surface area contributed by atoms with Gasteiger partial charge in [-0.25, -0.2) is 38.7 Å². The molecule has 0 unspecified atom stereocenters. The standard InChI is InChI=1S/C31H32Cl2F2N2O7S.C20H23NO4S.C18H17Cl2F2NO3.C13H17NO4S.C12H15NO2.C8H8O2S.H2O/c32-24-17-37(39)18-25(33)23(24)16-28(21-10-11-27(44-31(34)35)29(15-21)42-19-20-8-9-20)43-30(38)26-7-4-12-36(26)13-14-45(40,41)22-5-2-1-3-6-22;22-20(25-16-17-8-3-1-4-9-17)19-12-7-13-21(19)14-15-26(23,24)18-10-5-2-6-11-18;19-13-7-23-8-14(20)12(13)6-15(24)11-3-4-16(26-18(21)22)17(5-11)25-9-10-1-2-10;15-13(16)12-7-4-8-14(12)9-10-19(17,18)11-5-2-1-3-6-11;14-12(11-7-4-8-13-11)15-9-10-5-2-1-3-6-10;1-2-11(9,10)8-6-4-3-5-7-8;/h1-3,5-6,10-11,15,17-18,20,26,28,31H,4,7-9,12-14,16,19H2;1-6,8-11,19H,7,12-16H2;3-5,7-8,10,15,18,24H,1-2,6,9H2;1-3,5-6,12H,4,7-10H2,(H,15,16);1-3,5-6,11,13H,4,7-9H2;2-7H,1H2;1H2/t26-,28-;19-;15-;12-;11-;;/m00000../s1. The number of esters is 3. The van der Waals surface area contributed by atoms with Crippen molar-refractivity contribution in [3.63, 3.8) is 0 Å². The minimum absolute atomic E-state index is 0. The van der Waals surface area contributed by atoms with Crippen LogP contribution in [0.1, 0.15) is 123 Å². The molecular weight excluding hydrogens is 2020 g/mol. The Morgan fingerprint density at radius 2 is 0.853 bits per heavy atom. The van der Waals surface area contributed by atoms with Crippen molar-refractivity contribution in [3.05, 3.63) is 314 Å². The molecule has 0 amide bonds. The first-order valence-electron chi connectivity index (χ1n) is 46.1. The third-order valence-electron chi connectivity index (χ3n) is 23.8. The van der Waals surface area contributed by atoms with Crippen LogP contribution in [0.2, 0.25) is 20.1 Å². The molecule has 10 aromatic rings. The largest absolute Gasteiger partial charge is 0.870 e. The summed E-state index contributed by atoms with van der Waals surface area (Å²) in [4.78, 5) is 58.0. The number of benzene rings is 8. The fraction of sp³-hybridized carbons (Fsp3) is 0.373. The molecular formula is C102H114Cl4F4N6O23S4.